The molecule has 12 heavy (non-hydrogen) atoms. The SMILES string of the molecule is CCOC(=O)c1cc(N)c(C)[nH]1. The highest BCUT2D eigenvalue weighted by atomic mass is 16.5. The summed E-state index contributed by atoms with van der Waals surface area (Å²) in [6.45, 7) is 3.94. The van der Waals surface area contributed by atoms with Crippen molar-refractivity contribution >= 4 is 11.7 Å². The third kappa shape index (κ3) is 1.58. The summed E-state index contributed by atoms with van der Waals surface area (Å²) in [6.07, 6.45) is 0. The average Bonchev–Trinajstić information content (AvgIpc) is 2.33. The number of nitrogens with one attached hydrogen (secondary N) is 1. The Hall–Kier alpha value is -1.45. The highest BCUT2D eigenvalue weighted by molar-refractivity contribution is 5.89. The number of carbonyl (C=O) groups excluding carboxylic acids is 1. The van der Waals surface area contributed by atoms with Crippen LogP contribution in [0.15, 0.2) is 6.07 Å². The lowest BCUT2D eigenvalue weighted by molar-refractivity contribution is 0.0520. The van der Waals surface area contributed by atoms with Gasteiger partial charge < -0.3 is 15.5 Å². The first kappa shape index (κ1) is 8.64. The molecule has 0 spiro atoms. The maximum atomic E-state index is 11.1. The molecular formula is C8H12N2O2. The summed E-state index contributed by atoms with van der Waals surface area (Å²) in [5, 5.41) is 0. The van der Waals surface area contributed by atoms with E-state index in [1.807, 2.05) is 0 Å². The number of esters is 1. The summed E-state index contributed by atoms with van der Waals surface area (Å²) in [6, 6.07) is 1.58. The largest absolute Gasteiger partial charge is 0.461 e. The summed E-state index contributed by atoms with van der Waals surface area (Å²) in [4.78, 5) is 13.9. The standard InChI is InChI=1S/C8H12N2O2/c1-3-12-8(11)7-4-6(9)5(2)10-7/h4,10H,3,9H2,1-2H3. The van der Waals surface area contributed by atoms with Gasteiger partial charge in [0, 0.05) is 5.69 Å². The number of aryl methyl sites for hydroxylation is 1. The number of H-pyrrole nitrogens is 1. The zero-order chi connectivity index (χ0) is 9.14. The Morgan fingerprint density at radius 1 is 1.75 bits per heavy atom. The molecule has 4 heteroatoms. The first-order valence-corrected chi connectivity index (χ1v) is 3.77. The summed E-state index contributed by atoms with van der Waals surface area (Å²) in [7, 11) is 0. The topological polar surface area (TPSA) is 68.1 Å². The van der Waals surface area contributed by atoms with Crippen LogP contribution in [0.1, 0.15) is 23.1 Å². The van der Waals surface area contributed by atoms with Crippen molar-refractivity contribution in [2.45, 2.75) is 13.8 Å². The average molecular weight is 168 g/mol. The summed E-state index contributed by atoms with van der Waals surface area (Å²) < 4.78 is 4.77. The molecule has 0 atom stereocenters. The van der Waals surface area contributed by atoms with Gasteiger partial charge in [-0.25, -0.2) is 4.79 Å². The maximum Gasteiger partial charge on any atom is 0.354 e. The van der Waals surface area contributed by atoms with Gasteiger partial charge >= 0.3 is 5.97 Å². The number of hydrogen-bond acceptors (Lipinski definition) is 3. The quantitative estimate of drug-likeness (QED) is 0.649. The Bertz CT molecular complexity index is 272. The first-order chi connectivity index (χ1) is 5.65. The lowest BCUT2D eigenvalue weighted by Crippen LogP contribution is -2.04. The van der Waals surface area contributed by atoms with E-state index in [9.17, 15) is 4.79 Å². The van der Waals surface area contributed by atoms with Crippen LogP contribution < -0.4 is 5.73 Å². The molecule has 0 aliphatic carbocycles. The molecular weight excluding hydrogens is 156 g/mol. The lowest BCUT2D eigenvalue weighted by atomic mass is 10.4. The fraction of sp³-hybridized carbons (Fsp3) is 0.375. The van der Waals surface area contributed by atoms with Crippen molar-refractivity contribution in [2.24, 2.45) is 0 Å². The highest BCUT2D eigenvalue weighted by Crippen LogP contribution is 2.12. The molecule has 66 valence electrons. The first-order valence-electron chi connectivity index (χ1n) is 3.77. The van der Waals surface area contributed by atoms with Crippen LogP contribution in [0.2, 0.25) is 0 Å². The molecule has 0 fully saturated rings. The predicted octanol–water partition coefficient (Wildman–Crippen LogP) is 1.08. The van der Waals surface area contributed by atoms with Crippen LogP contribution in [-0.4, -0.2) is 17.6 Å². The van der Waals surface area contributed by atoms with Gasteiger partial charge in [0.25, 0.3) is 0 Å². The number of rotatable bonds is 2. The van der Waals surface area contributed by atoms with E-state index in [1.165, 1.54) is 0 Å². The van der Waals surface area contributed by atoms with Gasteiger partial charge in [-0.2, -0.15) is 0 Å². The summed E-state index contributed by atoms with van der Waals surface area (Å²) in [5.41, 5.74) is 7.32. The Labute approximate surface area is 70.7 Å². The zero-order valence-corrected chi connectivity index (χ0v) is 7.18. The van der Waals surface area contributed by atoms with Crippen LogP contribution in [0.5, 0.6) is 0 Å². The molecule has 0 saturated carbocycles. The van der Waals surface area contributed by atoms with E-state index < -0.39 is 0 Å². The van der Waals surface area contributed by atoms with E-state index in [0.717, 1.165) is 5.69 Å². The molecule has 1 aromatic rings. The number of aromatic nitrogens is 1. The number of carbonyl (C=O) groups is 1. The number of anilines is 1. The maximum absolute atomic E-state index is 11.1. The minimum absolute atomic E-state index is 0.364. The normalized spacial score (nSPS) is 9.83. The predicted molar refractivity (Wildman–Crippen MR) is 45.9 cm³/mol. The van der Waals surface area contributed by atoms with Crippen LogP contribution in [-0.2, 0) is 4.74 Å². The van der Waals surface area contributed by atoms with E-state index >= 15 is 0 Å². The van der Waals surface area contributed by atoms with Crippen molar-refractivity contribution in [2.75, 3.05) is 12.3 Å². The fourth-order valence-electron chi connectivity index (χ4n) is 0.893. The van der Waals surface area contributed by atoms with E-state index in [4.69, 9.17) is 10.5 Å². The van der Waals surface area contributed by atoms with Crippen molar-refractivity contribution < 1.29 is 9.53 Å². The second-order valence-electron chi connectivity index (χ2n) is 2.48. The highest BCUT2D eigenvalue weighted by Gasteiger charge is 2.09. The van der Waals surface area contributed by atoms with Crippen LogP contribution >= 0.6 is 0 Å². The van der Waals surface area contributed by atoms with Gasteiger partial charge in [-0.15, -0.1) is 0 Å². The Morgan fingerprint density at radius 3 is 2.83 bits per heavy atom. The van der Waals surface area contributed by atoms with Gasteiger partial charge in [-0.3, -0.25) is 0 Å². The molecule has 1 rings (SSSR count). The molecule has 4 nitrogen and oxygen atoms in total. The molecule has 0 unspecified atom stereocenters. The second kappa shape index (κ2) is 3.30. The van der Waals surface area contributed by atoms with E-state index in [-0.39, 0.29) is 5.97 Å². The third-order valence-electron chi connectivity index (χ3n) is 1.55. The Balaban J connectivity index is 2.82. The van der Waals surface area contributed by atoms with Gasteiger partial charge in [-0.1, -0.05) is 0 Å². The molecule has 3 N–H and O–H groups in total. The van der Waals surface area contributed by atoms with Crippen molar-refractivity contribution in [3.05, 3.63) is 17.5 Å². The number of ether oxygens (including phenoxy) is 1. The van der Waals surface area contributed by atoms with Crippen molar-refractivity contribution in [3.8, 4) is 0 Å². The number of aromatic amines is 1. The minimum atomic E-state index is -0.364. The minimum Gasteiger partial charge on any atom is -0.461 e. The Kier molecular flexibility index (Phi) is 2.38. The van der Waals surface area contributed by atoms with Crippen LogP contribution in [0.4, 0.5) is 5.69 Å². The van der Waals surface area contributed by atoms with E-state index in [1.54, 1.807) is 19.9 Å². The zero-order valence-electron chi connectivity index (χ0n) is 7.18. The number of hydrogen-bond donors (Lipinski definition) is 2. The van der Waals surface area contributed by atoms with Gasteiger partial charge in [0.15, 0.2) is 0 Å². The Morgan fingerprint density at radius 2 is 2.42 bits per heavy atom. The van der Waals surface area contributed by atoms with Gasteiger partial charge in [-0.05, 0) is 19.9 Å². The molecule has 1 heterocycles. The monoisotopic (exact) mass is 168 g/mol. The lowest BCUT2D eigenvalue weighted by Gasteiger charge is -1.96. The molecule has 0 amide bonds. The van der Waals surface area contributed by atoms with Gasteiger partial charge in [0.2, 0.25) is 0 Å². The van der Waals surface area contributed by atoms with Crippen LogP contribution in [0.25, 0.3) is 0 Å². The van der Waals surface area contributed by atoms with Crippen LogP contribution in [0, 0.1) is 6.92 Å². The van der Waals surface area contributed by atoms with E-state index in [2.05, 4.69) is 4.98 Å². The molecule has 0 aromatic carbocycles. The van der Waals surface area contributed by atoms with Crippen molar-refractivity contribution in [1.82, 2.24) is 4.98 Å². The molecule has 0 aliphatic heterocycles. The summed E-state index contributed by atoms with van der Waals surface area (Å²) in [5.74, 6) is -0.364. The van der Waals surface area contributed by atoms with Crippen molar-refractivity contribution in [1.29, 1.82) is 0 Å². The van der Waals surface area contributed by atoms with Gasteiger partial charge in [0.05, 0.1) is 12.3 Å². The second-order valence-corrected chi connectivity index (χ2v) is 2.48. The number of nitrogen functional groups attached to an aromatic ring is 1. The molecule has 0 bridgehead atoms. The van der Waals surface area contributed by atoms with Crippen LogP contribution in [0.3, 0.4) is 0 Å². The molecule has 1 aromatic heterocycles. The van der Waals surface area contributed by atoms with E-state index in [0.29, 0.717) is 18.0 Å². The third-order valence-corrected chi connectivity index (χ3v) is 1.55. The molecule has 0 saturated heterocycles. The smallest absolute Gasteiger partial charge is 0.354 e. The molecule has 0 radical (unpaired) electrons. The number of nitrogens with two attached hydrogens (primary N) is 1. The van der Waals surface area contributed by atoms with Gasteiger partial charge in [0.1, 0.15) is 5.69 Å². The molecule has 0 aliphatic rings. The fourth-order valence-corrected chi connectivity index (χ4v) is 0.893. The summed E-state index contributed by atoms with van der Waals surface area (Å²) >= 11 is 0. The van der Waals surface area contributed by atoms with Crippen molar-refractivity contribution in [3.63, 3.8) is 0 Å².